The highest BCUT2D eigenvalue weighted by molar-refractivity contribution is 5.85. The SMILES string of the molecule is C=CCOC(=O)NC[C@H](NC(=O)OC(C)(C)C)c1ncc(C(=O)OC)o1. The molecule has 1 aromatic rings. The zero-order chi connectivity index (χ0) is 19.7. The second-order valence-corrected chi connectivity index (χ2v) is 6.02. The summed E-state index contributed by atoms with van der Waals surface area (Å²) in [5.74, 6) is -0.883. The van der Waals surface area contributed by atoms with Crippen molar-refractivity contribution in [3.63, 3.8) is 0 Å². The smallest absolute Gasteiger partial charge is 0.408 e. The number of carbonyl (C=O) groups excluding carboxylic acids is 3. The summed E-state index contributed by atoms with van der Waals surface area (Å²) < 4.78 is 19.8. The first-order valence-corrected chi connectivity index (χ1v) is 7.71. The predicted molar refractivity (Wildman–Crippen MR) is 89.5 cm³/mol. The summed E-state index contributed by atoms with van der Waals surface area (Å²) in [6.07, 6.45) is 1.09. The molecule has 2 amide bonds. The second-order valence-electron chi connectivity index (χ2n) is 6.02. The van der Waals surface area contributed by atoms with Crippen LogP contribution in [0.3, 0.4) is 0 Å². The zero-order valence-corrected chi connectivity index (χ0v) is 15.2. The molecule has 10 heteroatoms. The van der Waals surface area contributed by atoms with E-state index in [4.69, 9.17) is 13.9 Å². The number of aromatic nitrogens is 1. The summed E-state index contributed by atoms with van der Waals surface area (Å²) >= 11 is 0. The van der Waals surface area contributed by atoms with Gasteiger partial charge in [-0.05, 0) is 20.8 Å². The lowest BCUT2D eigenvalue weighted by molar-refractivity contribution is 0.0492. The van der Waals surface area contributed by atoms with E-state index in [2.05, 4.69) is 26.9 Å². The molecule has 0 fully saturated rings. The number of oxazole rings is 1. The van der Waals surface area contributed by atoms with Crippen LogP contribution in [0.2, 0.25) is 0 Å². The van der Waals surface area contributed by atoms with Crippen molar-refractivity contribution >= 4 is 18.2 Å². The number of ether oxygens (including phenoxy) is 3. The minimum absolute atomic E-state index is 0.0136. The molecule has 0 aliphatic rings. The van der Waals surface area contributed by atoms with E-state index in [9.17, 15) is 14.4 Å². The molecule has 2 N–H and O–H groups in total. The van der Waals surface area contributed by atoms with Gasteiger partial charge in [0, 0.05) is 0 Å². The highest BCUT2D eigenvalue weighted by Crippen LogP contribution is 2.15. The fourth-order valence-electron chi connectivity index (χ4n) is 1.66. The van der Waals surface area contributed by atoms with Gasteiger partial charge in [0.1, 0.15) is 18.2 Å². The van der Waals surface area contributed by atoms with Crippen LogP contribution in [0.1, 0.15) is 43.3 Å². The molecular formula is C16H23N3O7. The Kier molecular flexibility index (Phi) is 7.63. The lowest BCUT2D eigenvalue weighted by Crippen LogP contribution is -2.40. The van der Waals surface area contributed by atoms with E-state index in [0.29, 0.717) is 0 Å². The molecule has 0 aromatic carbocycles. The first-order valence-electron chi connectivity index (χ1n) is 7.71. The van der Waals surface area contributed by atoms with Gasteiger partial charge in [0.05, 0.1) is 19.9 Å². The van der Waals surface area contributed by atoms with Crippen molar-refractivity contribution in [3.05, 3.63) is 30.5 Å². The quantitative estimate of drug-likeness (QED) is 0.424. The molecule has 0 aliphatic carbocycles. The van der Waals surface area contributed by atoms with Gasteiger partial charge in [-0.15, -0.1) is 0 Å². The summed E-state index contributed by atoms with van der Waals surface area (Å²) in [7, 11) is 1.19. The number of nitrogens with one attached hydrogen (secondary N) is 2. The Bertz CT molecular complexity index is 649. The van der Waals surface area contributed by atoms with Crippen LogP contribution in [-0.4, -0.2) is 49.0 Å². The number of alkyl carbamates (subject to hydrolysis) is 2. The fourth-order valence-corrected chi connectivity index (χ4v) is 1.66. The van der Waals surface area contributed by atoms with Gasteiger partial charge < -0.3 is 29.3 Å². The van der Waals surface area contributed by atoms with E-state index in [1.807, 2.05) is 0 Å². The molecule has 0 radical (unpaired) electrons. The average Bonchev–Trinajstić information content (AvgIpc) is 3.04. The van der Waals surface area contributed by atoms with Crippen LogP contribution in [0.15, 0.2) is 23.3 Å². The molecule has 0 saturated carbocycles. The van der Waals surface area contributed by atoms with Gasteiger partial charge in [0.2, 0.25) is 11.7 Å². The number of rotatable bonds is 7. The van der Waals surface area contributed by atoms with Crippen molar-refractivity contribution in [1.29, 1.82) is 0 Å². The molecule has 144 valence electrons. The lowest BCUT2D eigenvalue weighted by atomic mass is 10.2. The summed E-state index contributed by atoms with van der Waals surface area (Å²) in [6.45, 7) is 8.45. The maximum atomic E-state index is 12.0. The minimum atomic E-state index is -0.903. The third-order valence-corrected chi connectivity index (χ3v) is 2.68. The lowest BCUT2D eigenvalue weighted by Gasteiger charge is -2.22. The van der Waals surface area contributed by atoms with Crippen LogP contribution < -0.4 is 10.6 Å². The van der Waals surface area contributed by atoms with Gasteiger partial charge in [-0.3, -0.25) is 0 Å². The van der Waals surface area contributed by atoms with Gasteiger partial charge in [-0.25, -0.2) is 19.4 Å². The molecule has 1 atom stereocenters. The van der Waals surface area contributed by atoms with Crippen LogP contribution in [0.5, 0.6) is 0 Å². The van der Waals surface area contributed by atoms with Crippen molar-refractivity contribution in [3.8, 4) is 0 Å². The largest absolute Gasteiger partial charge is 0.463 e. The zero-order valence-electron chi connectivity index (χ0n) is 15.2. The third-order valence-electron chi connectivity index (χ3n) is 2.68. The molecule has 1 aromatic heterocycles. The van der Waals surface area contributed by atoms with Gasteiger partial charge in [-0.1, -0.05) is 12.7 Å². The average molecular weight is 369 g/mol. The molecule has 0 spiro atoms. The number of esters is 1. The standard InChI is InChI=1S/C16H23N3O7/c1-6-7-24-14(21)18-8-10(19-15(22)26-16(2,3)4)12-17-9-11(25-12)13(20)23-5/h6,9-10H,1,7-8H2,2-5H3,(H,18,21)(H,19,22)/t10-/m0/s1. The Balaban J connectivity index is 2.85. The number of hydrogen-bond acceptors (Lipinski definition) is 8. The highest BCUT2D eigenvalue weighted by atomic mass is 16.6. The monoisotopic (exact) mass is 369 g/mol. The van der Waals surface area contributed by atoms with Gasteiger partial charge in [0.15, 0.2) is 0 Å². The highest BCUT2D eigenvalue weighted by Gasteiger charge is 2.25. The van der Waals surface area contributed by atoms with Crippen molar-refractivity contribution in [2.75, 3.05) is 20.3 Å². The summed E-state index contributed by atoms with van der Waals surface area (Å²) in [6, 6.07) is -0.903. The number of carbonyl (C=O) groups is 3. The van der Waals surface area contributed by atoms with Crippen molar-refractivity contribution in [1.82, 2.24) is 15.6 Å². The second kappa shape index (κ2) is 9.44. The van der Waals surface area contributed by atoms with Crippen LogP contribution in [0.4, 0.5) is 9.59 Å². The minimum Gasteiger partial charge on any atom is -0.463 e. The third kappa shape index (κ3) is 7.24. The number of amides is 2. The van der Waals surface area contributed by atoms with E-state index in [0.717, 1.165) is 6.20 Å². The van der Waals surface area contributed by atoms with E-state index in [-0.39, 0.29) is 24.8 Å². The Labute approximate surface area is 150 Å². The van der Waals surface area contributed by atoms with Crippen LogP contribution >= 0.6 is 0 Å². The Morgan fingerprint density at radius 3 is 2.62 bits per heavy atom. The number of nitrogens with zero attached hydrogens (tertiary/aromatic N) is 1. The Morgan fingerprint density at radius 1 is 1.35 bits per heavy atom. The van der Waals surface area contributed by atoms with Crippen LogP contribution in [-0.2, 0) is 14.2 Å². The van der Waals surface area contributed by atoms with Crippen molar-refractivity contribution < 1.29 is 33.0 Å². The molecular weight excluding hydrogens is 346 g/mol. The maximum absolute atomic E-state index is 12.0. The normalized spacial score (nSPS) is 11.8. The molecule has 10 nitrogen and oxygen atoms in total. The molecule has 1 heterocycles. The van der Waals surface area contributed by atoms with Gasteiger partial charge in [0.25, 0.3) is 0 Å². The molecule has 1 rings (SSSR count). The van der Waals surface area contributed by atoms with E-state index >= 15 is 0 Å². The van der Waals surface area contributed by atoms with E-state index < -0.39 is 29.8 Å². The summed E-state index contributed by atoms with van der Waals surface area (Å²) in [4.78, 5) is 39.0. The molecule has 0 unspecified atom stereocenters. The Hall–Kier alpha value is -3.04. The summed E-state index contributed by atoms with van der Waals surface area (Å²) in [5.41, 5.74) is -0.723. The molecule has 26 heavy (non-hydrogen) atoms. The summed E-state index contributed by atoms with van der Waals surface area (Å²) in [5, 5.41) is 4.95. The van der Waals surface area contributed by atoms with Gasteiger partial charge in [-0.2, -0.15) is 0 Å². The van der Waals surface area contributed by atoms with E-state index in [1.165, 1.54) is 13.2 Å². The van der Waals surface area contributed by atoms with Crippen LogP contribution in [0, 0.1) is 0 Å². The number of hydrogen-bond donors (Lipinski definition) is 2. The Morgan fingerprint density at radius 2 is 2.04 bits per heavy atom. The first-order chi connectivity index (χ1) is 12.2. The predicted octanol–water partition coefficient (Wildman–Crippen LogP) is 1.94. The first kappa shape index (κ1) is 21.0. The molecule has 0 bridgehead atoms. The molecule has 0 aliphatic heterocycles. The van der Waals surface area contributed by atoms with Gasteiger partial charge >= 0.3 is 18.2 Å². The fraction of sp³-hybridized carbons (Fsp3) is 0.500. The number of methoxy groups -OCH3 is 1. The van der Waals surface area contributed by atoms with Crippen molar-refractivity contribution in [2.24, 2.45) is 0 Å². The van der Waals surface area contributed by atoms with E-state index in [1.54, 1.807) is 20.8 Å². The van der Waals surface area contributed by atoms with Crippen LogP contribution in [0.25, 0.3) is 0 Å². The van der Waals surface area contributed by atoms with Crippen molar-refractivity contribution in [2.45, 2.75) is 32.4 Å². The topological polar surface area (TPSA) is 129 Å². The molecule has 0 saturated heterocycles. The maximum Gasteiger partial charge on any atom is 0.408 e.